The summed E-state index contributed by atoms with van der Waals surface area (Å²) in [7, 11) is 0. The largest absolute Gasteiger partial charge is 0.435 e. The van der Waals surface area contributed by atoms with Gasteiger partial charge in [-0.05, 0) is 22.0 Å². The average molecular weight is 412 g/mol. The van der Waals surface area contributed by atoms with Crippen molar-refractivity contribution >= 4 is 50.5 Å². The molecule has 0 aliphatic rings. The van der Waals surface area contributed by atoms with E-state index in [-0.39, 0.29) is 9.73 Å². The SMILES string of the molecule is Nc1nc(NC(=O)c2sc(Br)nc2C(F)(F)F)ccc1[N+](=O)[O-]. The van der Waals surface area contributed by atoms with Crippen molar-refractivity contribution in [2.24, 2.45) is 0 Å². The van der Waals surface area contributed by atoms with E-state index in [0.717, 1.165) is 12.1 Å². The minimum Gasteiger partial charge on any atom is -0.378 e. The number of hydrogen-bond donors (Lipinski definition) is 2. The van der Waals surface area contributed by atoms with Crippen LogP contribution in [0.5, 0.6) is 0 Å². The number of nitro groups is 1. The molecule has 0 saturated heterocycles. The molecule has 13 heteroatoms. The Morgan fingerprint density at radius 1 is 1.39 bits per heavy atom. The molecule has 0 aliphatic carbocycles. The highest BCUT2D eigenvalue weighted by Gasteiger charge is 2.39. The molecule has 0 spiro atoms. The average Bonchev–Trinajstić information content (AvgIpc) is 2.80. The second-order valence-corrected chi connectivity index (χ2v) is 6.23. The highest BCUT2D eigenvalue weighted by molar-refractivity contribution is 9.11. The monoisotopic (exact) mass is 411 g/mol. The summed E-state index contributed by atoms with van der Waals surface area (Å²) in [6, 6.07) is 2.03. The van der Waals surface area contributed by atoms with Crippen LogP contribution in [0.1, 0.15) is 15.4 Å². The number of carbonyl (C=O) groups excluding carboxylic acids is 1. The molecule has 0 fully saturated rings. The molecule has 2 aromatic heterocycles. The van der Waals surface area contributed by atoms with Gasteiger partial charge in [0.25, 0.3) is 5.91 Å². The van der Waals surface area contributed by atoms with E-state index in [2.05, 4.69) is 31.2 Å². The van der Waals surface area contributed by atoms with E-state index in [1.807, 2.05) is 0 Å². The molecular weight excluding hydrogens is 407 g/mol. The Bertz CT molecular complexity index is 795. The minimum atomic E-state index is -4.81. The molecule has 0 aromatic carbocycles. The van der Waals surface area contributed by atoms with Crippen molar-refractivity contribution < 1.29 is 22.9 Å². The number of rotatable bonds is 3. The zero-order valence-electron chi connectivity index (χ0n) is 10.7. The van der Waals surface area contributed by atoms with Crippen LogP contribution in [-0.2, 0) is 6.18 Å². The molecule has 3 N–H and O–H groups in total. The number of halogens is 4. The van der Waals surface area contributed by atoms with Gasteiger partial charge in [0.1, 0.15) is 10.7 Å². The van der Waals surface area contributed by atoms with Crippen LogP contribution in [0.25, 0.3) is 0 Å². The van der Waals surface area contributed by atoms with Crippen molar-refractivity contribution in [3.8, 4) is 0 Å². The van der Waals surface area contributed by atoms with E-state index in [1.165, 1.54) is 0 Å². The zero-order valence-corrected chi connectivity index (χ0v) is 13.1. The van der Waals surface area contributed by atoms with Crippen LogP contribution in [0.15, 0.2) is 16.0 Å². The highest BCUT2D eigenvalue weighted by Crippen LogP contribution is 2.36. The van der Waals surface area contributed by atoms with Crippen LogP contribution >= 0.6 is 27.3 Å². The van der Waals surface area contributed by atoms with Crippen LogP contribution in [0.3, 0.4) is 0 Å². The summed E-state index contributed by atoms with van der Waals surface area (Å²) in [5, 5.41) is 12.7. The molecule has 0 bridgehead atoms. The Kier molecular flexibility index (Phi) is 4.51. The molecule has 0 radical (unpaired) electrons. The van der Waals surface area contributed by atoms with Gasteiger partial charge in [0, 0.05) is 6.07 Å². The number of carbonyl (C=O) groups is 1. The van der Waals surface area contributed by atoms with Crippen molar-refractivity contribution in [3.05, 3.63) is 36.7 Å². The third-order valence-corrected chi connectivity index (χ3v) is 3.92. The lowest BCUT2D eigenvalue weighted by Gasteiger charge is -2.07. The van der Waals surface area contributed by atoms with Gasteiger partial charge in [0.05, 0.1) is 4.92 Å². The zero-order chi connectivity index (χ0) is 17.4. The first kappa shape index (κ1) is 17.1. The number of alkyl halides is 3. The van der Waals surface area contributed by atoms with Gasteiger partial charge >= 0.3 is 11.9 Å². The predicted octanol–water partition coefficient (Wildman–Crippen LogP) is 3.06. The van der Waals surface area contributed by atoms with Gasteiger partial charge in [-0.15, -0.1) is 11.3 Å². The molecule has 8 nitrogen and oxygen atoms in total. The van der Waals surface area contributed by atoms with E-state index in [9.17, 15) is 28.1 Å². The van der Waals surface area contributed by atoms with E-state index in [0.29, 0.717) is 11.3 Å². The highest BCUT2D eigenvalue weighted by atomic mass is 79.9. The van der Waals surface area contributed by atoms with Gasteiger partial charge in [0.2, 0.25) is 5.82 Å². The first-order valence-corrected chi connectivity index (χ1v) is 7.16. The summed E-state index contributed by atoms with van der Waals surface area (Å²) in [5.74, 6) is -1.81. The van der Waals surface area contributed by atoms with E-state index in [1.54, 1.807) is 0 Å². The lowest BCUT2D eigenvalue weighted by Crippen LogP contribution is -2.18. The maximum absolute atomic E-state index is 12.8. The first-order chi connectivity index (χ1) is 10.6. The lowest BCUT2D eigenvalue weighted by molar-refractivity contribution is -0.384. The Morgan fingerprint density at radius 3 is 2.57 bits per heavy atom. The third kappa shape index (κ3) is 3.73. The maximum Gasteiger partial charge on any atom is 0.435 e. The predicted molar refractivity (Wildman–Crippen MR) is 78.1 cm³/mol. The summed E-state index contributed by atoms with van der Waals surface area (Å²) < 4.78 is 38.3. The van der Waals surface area contributed by atoms with Crippen LogP contribution in [0.4, 0.5) is 30.5 Å². The number of aromatic nitrogens is 2. The van der Waals surface area contributed by atoms with Crippen molar-refractivity contribution in [2.75, 3.05) is 11.1 Å². The Morgan fingerprint density at radius 2 is 2.04 bits per heavy atom. The van der Waals surface area contributed by atoms with Gasteiger partial charge < -0.3 is 11.1 Å². The maximum atomic E-state index is 12.8. The molecular formula is C10H5BrF3N5O3S. The number of thiazole rings is 1. The van der Waals surface area contributed by atoms with Gasteiger partial charge in [-0.3, -0.25) is 14.9 Å². The summed E-state index contributed by atoms with van der Waals surface area (Å²) in [5.41, 5.74) is 3.51. The minimum absolute atomic E-state index is 0.119. The smallest absolute Gasteiger partial charge is 0.378 e. The normalized spacial score (nSPS) is 11.3. The summed E-state index contributed by atoms with van der Waals surface area (Å²) in [6.07, 6.45) is -4.81. The summed E-state index contributed by atoms with van der Waals surface area (Å²) in [4.78, 5) is 27.9. The number of pyridine rings is 1. The van der Waals surface area contributed by atoms with Gasteiger partial charge in [-0.25, -0.2) is 9.97 Å². The van der Waals surface area contributed by atoms with Crippen molar-refractivity contribution in [1.29, 1.82) is 0 Å². The standard InChI is InChI=1S/C10H5BrF3N5O3S/c11-9-18-6(10(12,13)14)5(23-9)8(20)17-4-2-1-3(19(21)22)7(15)16-4/h1-2H,(H3,15,16,17,20). The molecule has 23 heavy (non-hydrogen) atoms. The van der Waals surface area contributed by atoms with Crippen molar-refractivity contribution in [2.45, 2.75) is 6.18 Å². The molecule has 0 atom stereocenters. The Hall–Kier alpha value is -2.28. The quantitative estimate of drug-likeness (QED) is 0.590. The molecule has 0 aliphatic heterocycles. The van der Waals surface area contributed by atoms with E-state index in [4.69, 9.17) is 5.73 Å². The van der Waals surface area contributed by atoms with E-state index < -0.39 is 39.1 Å². The fourth-order valence-corrected chi connectivity index (χ4v) is 2.87. The van der Waals surface area contributed by atoms with Crippen molar-refractivity contribution in [1.82, 2.24) is 9.97 Å². The fraction of sp³-hybridized carbons (Fsp3) is 0.100. The number of nitrogens with two attached hydrogens (primary N) is 1. The topological polar surface area (TPSA) is 124 Å². The Labute approximate surface area is 137 Å². The third-order valence-electron chi connectivity index (χ3n) is 2.42. The lowest BCUT2D eigenvalue weighted by atomic mass is 10.3. The summed E-state index contributed by atoms with van der Waals surface area (Å²) in [6.45, 7) is 0. The van der Waals surface area contributed by atoms with Gasteiger partial charge in [0.15, 0.2) is 9.61 Å². The fourth-order valence-electron chi connectivity index (χ4n) is 1.50. The van der Waals surface area contributed by atoms with Crippen LogP contribution < -0.4 is 11.1 Å². The van der Waals surface area contributed by atoms with Gasteiger partial charge in [-0.1, -0.05) is 0 Å². The molecule has 0 saturated carbocycles. The number of nitrogens with zero attached hydrogens (tertiary/aromatic N) is 3. The molecule has 2 rings (SSSR count). The molecule has 2 aromatic rings. The van der Waals surface area contributed by atoms with Crippen LogP contribution in [-0.4, -0.2) is 20.8 Å². The number of nitrogen functional groups attached to an aromatic ring is 1. The number of hydrogen-bond acceptors (Lipinski definition) is 7. The van der Waals surface area contributed by atoms with E-state index >= 15 is 0 Å². The summed E-state index contributed by atoms with van der Waals surface area (Å²) >= 11 is 3.27. The molecule has 1 amide bonds. The number of amides is 1. The number of nitrogens with one attached hydrogen (secondary N) is 1. The molecule has 122 valence electrons. The van der Waals surface area contributed by atoms with Gasteiger partial charge in [-0.2, -0.15) is 13.2 Å². The van der Waals surface area contributed by atoms with Crippen LogP contribution in [0, 0.1) is 10.1 Å². The molecule has 0 unspecified atom stereocenters. The van der Waals surface area contributed by atoms with Crippen LogP contribution in [0.2, 0.25) is 0 Å². The molecule has 2 heterocycles. The second-order valence-electron chi connectivity index (χ2n) is 3.95. The second kappa shape index (κ2) is 6.08. The first-order valence-electron chi connectivity index (χ1n) is 5.55. The number of anilines is 2. The Balaban J connectivity index is 2.30. The van der Waals surface area contributed by atoms with Crippen molar-refractivity contribution in [3.63, 3.8) is 0 Å².